The number of likely N-dealkylation sites (tertiary alicyclic amines) is 1. The number of carbonyl (C=O) groups is 1. The van der Waals surface area contributed by atoms with Crippen LogP contribution in [-0.4, -0.2) is 66.5 Å². The van der Waals surface area contributed by atoms with Crippen LogP contribution in [0, 0.1) is 6.92 Å². The average Bonchev–Trinajstić information content (AvgIpc) is 3.45. The van der Waals surface area contributed by atoms with Crippen LogP contribution in [0.15, 0.2) is 40.9 Å². The standard InChI is InChI=1S/C24H33N5O4S/c1-18-21(34-17-25-18)9-12-29-13-10-23(11-14-29,24(31-3)28-27-19(2)33-24)26-22(30)16-32-15-20-7-5-4-6-8-20/h4-8,17,28H,9-16H2,1-3H3,(H,26,30). The third-order valence-corrected chi connectivity index (χ3v) is 7.50. The quantitative estimate of drug-likeness (QED) is 0.531. The molecule has 9 nitrogen and oxygen atoms in total. The summed E-state index contributed by atoms with van der Waals surface area (Å²) >= 11 is 1.70. The third kappa shape index (κ3) is 5.41. The van der Waals surface area contributed by atoms with Crippen LogP contribution in [0.25, 0.3) is 0 Å². The van der Waals surface area contributed by atoms with Gasteiger partial charge in [-0.2, -0.15) is 0 Å². The van der Waals surface area contributed by atoms with Crippen molar-refractivity contribution in [1.29, 1.82) is 0 Å². The molecular weight excluding hydrogens is 454 g/mol. The number of aromatic nitrogens is 1. The van der Waals surface area contributed by atoms with Crippen molar-refractivity contribution in [3.63, 3.8) is 0 Å². The van der Waals surface area contributed by atoms with Crippen molar-refractivity contribution in [2.24, 2.45) is 5.10 Å². The number of aryl methyl sites for hydroxylation is 1. The molecule has 1 fully saturated rings. The first kappa shape index (κ1) is 24.6. The molecule has 0 saturated carbocycles. The number of nitrogens with one attached hydrogen (secondary N) is 2. The highest BCUT2D eigenvalue weighted by Crippen LogP contribution is 2.37. The summed E-state index contributed by atoms with van der Waals surface area (Å²) in [5.41, 5.74) is 6.23. The van der Waals surface area contributed by atoms with Gasteiger partial charge in [0.15, 0.2) is 0 Å². The van der Waals surface area contributed by atoms with Crippen molar-refractivity contribution < 1.29 is 19.0 Å². The van der Waals surface area contributed by atoms with Crippen LogP contribution in [0.5, 0.6) is 0 Å². The smallest absolute Gasteiger partial charge is 0.332 e. The summed E-state index contributed by atoms with van der Waals surface area (Å²) in [4.78, 5) is 21.0. The first-order chi connectivity index (χ1) is 16.5. The van der Waals surface area contributed by atoms with E-state index in [0.717, 1.165) is 37.3 Å². The molecule has 0 aliphatic carbocycles. The van der Waals surface area contributed by atoms with Crippen molar-refractivity contribution in [3.05, 3.63) is 52.0 Å². The molecule has 2 aromatic rings. The van der Waals surface area contributed by atoms with Crippen LogP contribution in [0.1, 0.15) is 35.9 Å². The number of methoxy groups -OCH3 is 1. The fourth-order valence-electron chi connectivity index (χ4n) is 4.55. The normalized spacial score (nSPS) is 22.0. The highest BCUT2D eigenvalue weighted by molar-refractivity contribution is 7.09. The SMILES string of the molecule is COC1(C2(NC(=O)COCc3ccccc3)CCN(CCc3scnc3C)CC2)NN=C(C)O1. The molecule has 2 aliphatic rings. The summed E-state index contributed by atoms with van der Waals surface area (Å²) in [6.45, 7) is 6.66. The fourth-order valence-corrected chi connectivity index (χ4v) is 5.32. The van der Waals surface area contributed by atoms with E-state index in [-0.39, 0.29) is 12.5 Å². The van der Waals surface area contributed by atoms with Crippen LogP contribution in [0.2, 0.25) is 0 Å². The fraction of sp³-hybridized carbons (Fsp3) is 0.542. The highest BCUT2D eigenvalue weighted by Gasteiger charge is 2.59. The molecule has 1 amide bonds. The number of piperidine rings is 1. The van der Waals surface area contributed by atoms with Gasteiger partial charge in [0.05, 0.1) is 17.8 Å². The molecule has 34 heavy (non-hydrogen) atoms. The van der Waals surface area contributed by atoms with Gasteiger partial charge in [0.2, 0.25) is 11.8 Å². The van der Waals surface area contributed by atoms with Crippen LogP contribution in [-0.2, 0) is 32.0 Å². The summed E-state index contributed by atoms with van der Waals surface area (Å²) in [5.74, 6) is -0.998. The number of hydrazone groups is 1. The number of benzene rings is 1. The highest BCUT2D eigenvalue weighted by atomic mass is 32.1. The lowest BCUT2D eigenvalue weighted by atomic mass is 9.83. The molecular formula is C24H33N5O4S. The van der Waals surface area contributed by atoms with Gasteiger partial charge >= 0.3 is 5.91 Å². The van der Waals surface area contributed by atoms with E-state index in [2.05, 4.69) is 32.7 Å². The van der Waals surface area contributed by atoms with E-state index >= 15 is 0 Å². The van der Waals surface area contributed by atoms with E-state index in [1.807, 2.05) is 35.8 Å². The Balaban J connectivity index is 1.39. The number of hydrogen-bond donors (Lipinski definition) is 2. The van der Waals surface area contributed by atoms with E-state index in [1.54, 1.807) is 25.4 Å². The molecule has 3 heterocycles. The largest absolute Gasteiger partial charge is 0.426 e. The Bertz CT molecular complexity index is 990. The predicted octanol–water partition coefficient (Wildman–Crippen LogP) is 2.42. The van der Waals surface area contributed by atoms with Gasteiger partial charge in [-0.25, -0.2) is 10.4 Å². The minimum Gasteiger partial charge on any atom is -0.426 e. The number of carbonyl (C=O) groups excluding carboxylic acids is 1. The van der Waals surface area contributed by atoms with Gasteiger partial charge in [-0.3, -0.25) is 4.79 Å². The Morgan fingerprint density at radius 2 is 2.03 bits per heavy atom. The lowest BCUT2D eigenvalue weighted by Crippen LogP contribution is -2.73. The molecule has 1 aromatic carbocycles. The maximum atomic E-state index is 13.0. The van der Waals surface area contributed by atoms with Crippen molar-refractivity contribution in [2.75, 3.05) is 33.4 Å². The summed E-state index contributed by atoms with van der Waals surface area (Å²) in [5, 5.41) is 7.39. The number of thiazole rings is 1. The zero-order valence-electron chi connectivity index (χ0n) is 20.0. The van der Waals surface area contributed by atoms with Gasteiger partial charge in [0, 0.05) is 38.5 Å². The number of amides is 1. The number of nitrogens with zero attached hydrogens (tertiary/aromatic N) is 3. The first-order valence-corrected chi connectivity index (χ1v) is 12.4. The minimum atomic E-state index is -1.26. The van der Waals surface area contributed by atoms with Crippen molar-refractivity contribution >= 4 is 23.1 Å². The molecule has 4 rings (SSSR count). The topological polar surface area (TPSA) is 97.3 Å². The summed E-state index contributed by atoms with van der Waals surface area (Å²) in [7, 11) is 1.57. The van der Waals surface area contributed by atoms with E-state index in [0.29, 0.717) is 25.3 Å². The molecule has 184 valence electrons. The second-order valence-electron chi connectivity index (χ2n) is 8.73. The molecule has 2 aliphatic heterocycles. The second-order valence-corrected chi connectivity index (χ2v) is 9.67. The maximum absolute atomic E-state index is 13.0. The lowest BCUT2D eigenvalue weighted by molar-refractivity contribution is -0.244. The predicted molar refractivity (Wildman–Crippen MR) is 130 cm³/mol. The molecule has 1 aromatic heterocycles. The van der Waals surface area contributed by atoms with E-state index in [9.17, 15) is 4.79 Å². The van der Waals surface area contributed by atoms with E-state index < -0.39 is 11.4 Å². The molecule has 0 bridgehead atoms. The third-order valence-electron chi connectivity index (χ3n) is 6.50. The summed E-state index contributed by atoms with van der Waals surface area (Å²) in [6.07, 6.45) is 2.25. The molecule has 0 spiro atoms. The Labute approximate surface area is 204 Å². The van der Waals surface area contributed by atoms with Crippen LogP contribution < -0.4 is 10.7 Å². The zero-order valence-corrected chi connectivity index (χ0v) is 20.8. The van der Waals surface area contributed by atoms with E-state index in [1.165, 1.54) is 4.88 Å². The van der Waals surface area contributed by atoms with Gasteiger partial charge < -0.3 is 24.4 Å². The molecule has 0 radical (unpaired) electrons. The van der Waals surface area contributed by atoms with Crippen LogP contribution in [0.3, 0.4) is 0 Å². The molecule has 1 unspecified atom stereocenters. The lowest BCUT2D eigenvalue weighted by Gasteiger charge is -2.49. The van der Waals surface area contributed by atoms with Crippen molar-refractivity contribution in [3.8, 4) is 0 Å². The second kappa shape index (κ2) is 10.8. The Hall–Kier alpha value is -2.53. The summed E-state index contributed by atoms with van der Waals surface area (Å²) in [6, 6.07) is 9.79. The molecule has 1 saturated heterocycles. The van der Waals surface area contributed by atoms with Crippen molar-refractivity contribution in [1.82, 2.24) is 20.6 Å². The van der Waals surface area contributed by atoms with Crippen LogP contribution in [0.4, 0.5) is 0 Å². The summed E-state index contributed by atoms with van der Waals surface area (Å²) < 4.78 is 17.5. The van der Waals surface area contributed by atoms with Gasteiger partial charge in [0.25, 0.3) is 0 Å². The Kier molecular flexibility index (Phi) is 7.82. The van der Waals surface area contributed by atoms with Gasteiger partial charge in [-0.05, 0) is 31.7 Å². The minimum absolute atomic E-state index is 0.0509. The molecule has 1 atom stereocenters. The number of ether oxygens (including phenoxy) is 3. The average molecular weight is 488 g/mol. The molecule has 10 heteroatoms. The zero-order chi connectivity index (χ0) is 24.0. The Morgan fingerprint density at radius 1 is 1.26 bits per heavy atom. The van der Waals surface area contributed by atoms with Crippen molar-refractivity contribution in [2.45, 2.75) is 51.2 Å². The maximum Gasteiger partial charge on any atom is 0.332 e. The van der Waals surface area contributed by atoms with Gasteiger partial charge in [-0.15, -0.1) is 16.4 Å². The molecule has 2 N–H and O–H groups in total. The first-order valence-electron chi connectivity index (χ1n) is 11.5. The van der Waals surface area contributed by atoms with Gasteiger partial charge in [0.1, 0.15) is 12.1 Å². The number of rotatable bonds is 10. The van der Waals surface area contributed by atoms with Gasteiger partial charge in [-0.1, -0.05) is 30.3 Å². The number of hydrogen-bond acceptors (Lipinski definition) is 9. The Morgan fingerprint density at radius 3 is 2.65 bits per heavy atom. The monoisotopic (exact) mass is 487 g/mol. The van der Waals surface area contributed by atoms with E-state index in [4.69, 9.17) is 14.2 Å². The van der Waals surface area contributed by atoms with Crippen LogP contribution >= 0.6 is 11.3 Å².